The van der Waals surface area contributed by atoms with Gasteiger partial charge in [0.25, 0.3) is 0 Å². The number of hydrogen-bond acceptors (Lipinski definition) is 9. The topological polar surface area (TPSA) is 98.8 Å². The van der Waals surface area contributed by atoms with Gasteiger partial charge in [-0.2, -0.15) is 0 Å². The summed E-state index contributed by atoms with van der Waals surface area (Å²) < 4.78 is 42.9. The van der Waals surface area contributed by atoms with Crippen LogP contribution in [0.2, 0.25) is 64.5 Å². The highest BCUT2D eigenvalue weighted by Crippen LogP contribution is 2.35. The first kappa shape index (κ1) is 45.9. The molecule has 2 unspecified atom stereocenters. The van der Waals surface area contributed by atoms with E-state index >= 15 is 0 Å². The van der Waals surface area contributed by atoms with E-state index in [1.807, 2.05) is 61.5 Å². The Morgan fingerprint density at radius 2 is 0.982 bits per heavy atom. The minimum atomic E-state index is -2.61. The zero-order valence-electron chi connectivity index (χ0n) is 35.9. The second-order valence-electron chi connectivity index (χ2n) is 17.4. The highest BCUT2D eigenvalue weighted by Gasteiger charge is 2.46. The standard InChI is InChI=1S/C44H62O9Si4/c1-13-32-56(11,51-54(5,6)7)53-57(12,52-55(8,9)10)33-18-21-35-20-15-17-23-41(35)50-43(46)48-39-30-26-37(27-31-39)44(3,4)36-24-28-38(29-25-36)47-42(45)49-40-22-16-14-19-34(40)2/h14-17,19-20,22-31H,13,18,21,32-33H2,1-12H3. The smallest absolute Gasteiger partial charge is 0.437 e. The fourth-order valence-electron chi connectivity index (χ4n) is 6.99. The highest BCUT2D eigenvalue weighted by molar-refractivity contribution is 6.89. The molecular formula is C44H62O9Si4. The lowest BCUT2D eigenvalue weighted by molar-refractivity contribution is 0.150. The van der Waals surface area contributed by atoms with Crippen LogP contribution in [0.5, 0.6) is 23.0 Å². The first-order valence-electron chi connectivity index (χ1n) is 19.8. The molecule has 0 fully saturated rings. The molecule has 4 aromatic carbocycles. The van der Waals surface area contributed by atoms with Crippen molar-refractivity contribution in [2.75, 3.05) is 0 Å². The van der Waals surface area contributed by atoms with E-state index in [4.69, 9.17) is 31.3 Å². The van der Waals surface area contributed by atoms with Crippen LogP contribution >= 0.6 is 0 Å². The lowest BCUT2D eigenvalue weighted by Crippen LogP contribution is -2.58. The van der Waals surface area contributed by atoms with Crippen molar-refractivity contribution in [3.8, 4) is 23.0 Å². The molecule has 308 valence electrons. The molecule has 13 heteroatoms. The van der Waals surface area contributed by atoms with E-state index in [1.165, 1.54) is 0 Å². The van der Waals surface area contributed by atoms with Gasteiger partial charge in [-0.25, -0.2) is 9.59 Å². The summed E-state index contributed by atoms with van der Waals surface area (Å²) >= 11 is 0. The zero-order chi connectivity index (χ0) is 42.1. The van der Waals surface area contributed by atoms with E-state index in [2.05, 4.69) is 73.1 Å². The van der Waals surface area contributed by atoms with Crippen molar-refractivity contribution >= 4 is 46.1 Å². The molecule has 0 heterocycles. The molecule has 0 aliphatic rings. The Morgan fingerprint density at radius 1 is 0.544 bits per heavy atom. The third-order valence-electron chi connectivity index (χ3n) is 9.26. The molecule has 0 saturated carbocycles. The number of benzene rings is 4. The molecule has 57 heavy (non-hydrogen) atoms. The highest BCUT2D eigenvalue weighted by atomic mass is 28.5. The first-order valence-corrected chi connectivity index (χ1v) is 31.7. The molecule has 0 N–H and O–H groups in total. The van der Waals surface area contributed by atoms with Gasteiger partial charge in [-0.15, -0.1) is 0 Å². The van der Waals surface area contributed by atoms with Crippen molar-refractivity contribution in [2.24, 2.45) is 0 Å². The molecule has 2 atom stereocenters. The Hall–Kier alpha value is -3.83. The largest absolute Gasteiger partial charge is 0.519 e. The summed E-state index contributed by atoms with van der Waals surface area (Å²) in [4.78, 5) is 25.4. The number of carbonyl (C=O) groups excluding carboxylic acids is 2. The normalized spacial score (nSPS) is 14.2. The lowest BCUT2D eigenvalue weighted by Gasteiger charge is -2.43. The number of carbonyl (C=O) groups is 2. The van der Waals surface area contributed by atoms with Gasteiger partial charge in [0.15, 0.2) is 16.6 Å². The average Bonchev–Trinajstić information content (AvgIpc) is 3.08. The number of aryl methyl sites for hydroxylation is 2. The molecule has 0 saturated heterocycles. The van der Waals surface area contributed by atoms with E-state index < -0.39 is 51.5 Å². The monoisotopic (exact) mass is 846 g/mol. The van der Waals surface area contributed by atoms with Crippen LogP contribution in [0.3, 0.4) is 0 Å². The molecule has 9 nitrogen and oxygen atoms in total. The van der Waals surface area contributed by atoms with Crippen molar-refractivity contribution < 1.29 is 40.9 Å². The third-order valence-corrected chi connectivity index (χ3v) is 23.7. The Labute approximate surface area is 344 Å². The maximum Gasteiger partial charge on any atom is 0.519 e. The summed E-state index contributed by atoms with van der Waals surface area (Å²) in [5, 5.41) is 0. The molecule has 4 aromatic rings. The van der Waals surface area contributed by atoms with Gasteiger partial charge in [0.1, 0.15) is 23.0 Å². The summed E-state index contributed by atoms with van der Waals surface area (Å²) in [7, 11) is -8.80. The second kappa shape index (κ2) is 19.3. The molecule has 0 spiro atoms. The third kappa shape index (κ3) is 14.5. The van der Waals surface area contributed by atoms with Gasteiger partial charge >= 0.3 is 29.4 Å². The summed E-state index contributed by atoms with van der Waals surface area (Å²) in [6.07, 6.45) is 0.919. The molecule has 0 aliphatic heterocycles. The van der Waals surface area contributed by atoms with Gasteiger partial charge in [-0.3, -0.25) is 0 Å². The first-order chi connectivity index (χ1) is 26.6. The molecule has 0 amide bonds. The molecular weight excluding hydrogens is 785 g/mol. The minimum Gasteiger partial charge on any atom is -0.437 e. The van der Waals surface area contributed by atoms with Crippen LogP contribution in [0, 0.1) is 6.92 Å². The average molecular weight is 847 g/mol. The van der Waals surface area contributed by atoms with Crippen molar-refractivity contribution in [3.63, 3.8) is 0 Å². The van der Waals surface area contributed by atoms with Crippen molar-refractivity contribution in [1.29, 1.82) is 0 Å². The summed E-state index contributed by atoms with van der Waals surface area (Å²) in [6.45, 7) is 26.0. The summed E-state index contributed by atoms with van der Waals surface area (Å²) in [5.74, 6) is 1.67. The maximum absolute atomic E-state index is 13.1. The van der Waals surface area contributed by atoms with Crippen LogP contribution in [0.15, 0.2) is 97.1 Å². The van der Waals surface area contributed by atoms with Gasteiger partial charge in [0.2, 0.25) is 0 Å². The van der Waals surface area contributed by atoms with E-state index in [-0.39, 0.29) is 0 Å². The van der Waals surface area contributed by atoms with E-state index in [9.17, 15) is 9.59 Å². The quantitative estimate of drug-likeness (QED) is 0.0550. The van der Waals surface area contributed by atoms with Crippen LogP contribution in [0.1, 0.15) is 55.9 Å². The van der Waals surface area contributed by atoms with E-state index in [0.29, 0.717) is 29.4 Å². The van der Waals surface area contributed by atoms with Crippen LogP contribution in [0.25, 0.3) is 0 Å². The zero-order valence-corrected chi connectivity index (χ0v) is 39.9. The van der Waals surface area contributed by atoms with Gasteiger partial charge in [0.05, 0.1) is 0 Å². The lowest BCUT2D eigenvalue weighted by atomic mass is 9.78. The summed E-state index contributed by atoms with van der Waals surface area (Å²) in [5.41, 5.74) is 3.36. The fourth-order valence-corrected chi connectivity index (χ4v) is 25.5. The van der Waals surface area contributed by atoms with E-state index in [0.717, 1.165) is 47.2 Å². The Balaban J connectivity index is 1.36. The van der Waals surface area contributed by atoms with Crippen LogP contribution in [-0.4, -0.2) is 46.1 Å². The fraction of sp³-hybridized carbons (Fsp3) is 0.409. The molecule has 0 aliphatic carbocycles. The number of hydrogen-bond donors (Lipinski definition) is 0. The van der Waals surface area contributed by atoms with Gasteiger partial charge < -0.3 is 31.3 Å². The molecule has 0 radical (unpaired) electrons. The Morgan fingerprint density at radius 3 is 1.46 bits per heavy atom. The van der Waals surface area contributed by atoms with Crippen LogP contribution in [-0.2, 0) is 24.2 Å². The molecule has 0 bridgehead atoms. The van der Waals surface area contributed by atoms with Gasteiger partial charge in [-0.1, -0.05) is 87.9 Å². The van der Waals surface area contributed by atoms with Crippen molar-refractivity contribution in [2.45, 2.75) is 117 Å². The molecule has 0 aromatic heterocycles. The van der Waals surface area contributed by atoms with Crippen molar-refractivity contribution in [1.82, 2.24) is 0 Å². The number of para-hydroxylation sites is 2. The van der Waals surface area contributed by atoms with Crippen molar-refractivity contribution in [3.05, 3.63) is 119 Å². The summed E-state index contributed by atoms with van der Waals surface area (Å²) in [6, 6.07) is 31.3. The predicted octanol–water partition coefficient (Wildman–Crippen LogP) is 12.7. The number of rotatable bonds is 18. The number of ether oxygens (including phenoxy) is 4. The minimum absolute atomic E-state index is 0.371. The molecule has 4 rings (SSSR count). The van der Waals surface area contributed by atoms with Gasteiger partial charge in [-0.05, 0) is 143 Å². The Kier molecular flexibility index (Phi) is 15.5. The SMILES string of the molecule is CCC[Si](C)(O[Si](C)(C)C)O[Si](C)(CCCc1ccccc1OC(=O)Oc1ccc(C(C)(C)c2ccc(OC(=O)Oc3ccccc3C)cc2)cc1)O[Si](C)(C)C. The van der Waals surface area contributed by atoms with E-state index in [1.54, 1.807) is 42.5 Å². The second-order valence-corrected chi connectivity index (χ2v) is 33.8. The van der Waals surface area contributed by atoms with Crippen LogP contribution < -0.4 is 18.9 Å². The Bertz CT molecular complexity index is 1940. The predicted molar refractivity (Wildman–Crippen MR) is 237 cm³/mol. The maximum atomic E-state index is 13.1. The van der Waals surface area contributed by atoms with Gasteiger partial charge in [0, 0.05) is 5.41 Å². The van der Waals surface area contributed by atoms with Crippen LogP contribution in [0.4, 0.5) is 9.59 Å².